The van der Waals surface area contributed by atoms with Crippen molar-refractivity contribution >= 4 is 18.0 Å². The number of amides is 2. The summed E-state index contributed by atoms with van der Waals surface area (Å²) in [5.41, 5.74) is 4.45. The molecular weight excluding hydrogens is 412 g/mol. The van der Waals surface area contributed by atoms with Crippen molar-refractivity contribution < 1.29 is 29.0 Å². The Bertz CT molecular complexity index is 931. The average molecular weight is 440 g/mol. The number of methoxy groups -OCH3 is 1. The molecule has 1 aliphatic carbocycles. The van der Waals surface area contributed by atoms with Crippen LogP contribution in [0.5, 0.6) is 0 Å². The maximum Gasteiger partial charge on any atom is 0.407 e. The van der Waals surface area contributed by atoms with E-state index in [4.69, 9.17) is 14.6 Å². The summed E-state index contributed by atoms with van der Waals surface area (Å²) in [7, 11) is 1.42. The van der Waals surface area contributed by atoms with Crippen molar-refractivity contribution in [1.82, 2.24) is 10.6 Å². The van der Waals surface area contributed by atoms with Crippen LogP contribution in [0.2, 0.25) is 0 Å². The number of carboxylic acid groups (broad SMARTS) is 1. The Morgan fingerprint density at radius 2 is 1.62 bits per heavy atom. The molecule has 0 saturated carbocycles. The molecule has 3 N–H and O–H groups in total. The zero-order valence-corrected chi connectivity index (χ0v) is 18.2. The Labute approximate surface area is 186 Å². The molecule has 0 aliphatic heterocycles. The van der Waals surface area contributed by atoms with E-state index >= 15 is 0 Å². The van der Waals surface area contributed by atoms with Crippen molar-refractivity contribution in [2.24, 2.45) is 5.92 Å². The molecule has 0 fully saturated rings. The van der Waals surface area contributed by atoms with E-state index in [1.807, 2.05) is 36.4 Å². The van der Waals surface area contributed by atoms with Gasteiger partial charge in [-0.3, -0.25) is 9.59 Å². The molecule has 2 amide bonds. The third-order valence-corrected chi connectivity index (χ3v) is 5.58. The van der Waals surface area contributed by atoms with Gasteiger partial charge in [-0.2, -0.15) is 0 Å². The molecule has 1 aliphatic rings. The van der Waals surface area contributed by atoms with Gasteiger partial charge in [-0.25, -0.2) is 4.79 Å². The van der Waals surface area contributed by atoms with E-state index in [9.17, 15) is 14.4 Å². The monoisotopic (exact) mass is 440 g/mol. The molecule has 0 aromatic heterocycles. The quantitative estimate of drug-likeness (QED) is 0.524. The van der Waals surface area contributed by atoms with Gasteiger partial charge in [0, 0.05) is 19.6 Å². The molecular formula is C24H28N2O6. The summed E-state index contributed by atoms with van der Waals surface area (Å²) in [6.45, 7) is 1.84. The Morgan fingerprint density at radius 1 is 1.03 bits per heavy atom. The minimum Gasteiger partial charge on any atom is -0.481 e. The number of aliphatic carboxylic acids is 1. The first kappa shape index (κ1) is 23.3. The first-order valence-electron chi connectivity index (χ1n) is 10.5. The Kier molecular flexibility index (Phi) is 7.83. The second kappa shape index (κ2) is 10.8. The predicted octanol–water partition coefficient (Wildman–Crippen LogP) is 2.77. The predicted molar refractivity (Wildman–Crippen MR) is 118 cm³/mol. The minimum atomic E-state index is -0.948. The molecule has 8 heteroatoms. The van der Waals surface area contributed by atoms with Crippen molar-refractivity contribution in [3.05, 3.63) is 59.7 Å². The largest absolute Gasteiger partial charge is 0.481 e. The topological polar surface area (TPSA) is 114 Å². The highest BCUT2D eigenvalue weighted by Crippen LogP contribution is 2.44. The van der Waals surface area contributed by atoms with E-state index in [2.05, 4.69) is 22.8 Å². The van der Waals surface area contributed by atoms with Gasteiger partial charge in [0.05, 0.1) is 12.5 Å². The maximum atomic E-state index is 12.4. The number of hydrogen-bond acceptors (Lipinski definition) is 5. The molecule has 170 valence electrons. The molecule has 3 rings (SSSR count). The van der Waals surface area contributed by atoms with Crippen LogP contribution in [0.25, 0.3) is 11.1 Å². The average Bonchev–Trinajstić information content (AvgIpc) is 3.11. The Hall–Kier alpha value is -3.39. The van der Waals surface area contributed by atoms with Crippen LogP contribution in [0.4, 0.5) is 4.79 Å². The third kappa shape index (κ3) is 5.45. The number of ether oxygens (including phenoxy) is 2. The van der Waals surface area contributed by atoms with Crippen LogP contribution in [0.15, 0.2) is 48.5 Å². The van der Waals surface area contributed by atoms with Gasteiger partial charge >= 0.3 is 12.1 Å². The summed E-state index contributed by atoms with van der Waals surface area (Å²) in [4.78, 5) is 35.7. The van der Waals surface area contributed by atoms with Crippen LogP contribution >= 0.6 is 0 Å². The summed E-state index contributed by atoms with van der Waals surface area (Å²) in [6, 6.07) is 15.1. The zero-order valence-electron chi connectivity index (χ0n) is 18.2. The summed E-state index contributed by atoms with van der Waals surface area (Å²) in [5.74, 6) is -2.05. The lowest BCUT2D eigenvalue weighted by atomic mass is 9.98. The first-order chi connectivity index (χ1) is 15.4. The fourth-order valence-electron chi connectivity index (χ4n) is 3.79. The van der Waals surface area contributed by atoms with Gasteiger partial charge in [-0.1, -0.05) is 55.5 Å². The lowest BCUT2D eigenvalue weighted by Crippen LogP contribution is -2.49. The Balaban J connectivity index is 1.57. The molecule has 2 unspecified atom stereocenters. The van der Waals surface area contributed by atoms with E-state index in [1.165, 1.54) is 7.11 Å². The summed E-state index contributed by atoms with van der Waals surface area (Å²) in [6.07, 6.45) is -0.436. The minimum absolute atomic E-state index is 0.0372. The lowest BCUT2D eigenvalue weighted by molar-refractivity contribution is -0.141. The molecule has 2 aromatic carbocycles. The standard InChI is InChI=1S/C24H28N2O6/c1-15(23(28)29)11-12-25-22(27)21(14-31-2)26-24(30)32-13-20-18-9-5-3-7-16(18)17-8-4-6-10-19(17)20/h3-10,15,20-21H,11-14H2,1-2H3,(H,25,27)(H,26,30)(H,28,29). The number of hydrogen-bond donors (Lipinski definition) is 3. The van der Waals surface area contributed by atoms with Crippen LogP contribution < -0.4 is 10.6 Å². The molecule has 2 atom stereocenters. The van der Waals surface area contributed by atoms with Crippen molar-refractivity contribution in [2.45, 2.75) is 25.3 Å². The second-order valence-corrected chi connectivity index (χ2v) is 7.80. The van der Waals surface area contributed by atoms with Crippen molar-refractivity contribution in [3.63, 3.8) is 0 Å². The number of carbonyl (C=O) groups is 3. The van der Waals surface area contributed by atoms with Gasteiger partial charge < -0.3 is 25.2 Å². The molecule has 8 nitrogen and oxygen atoms in total. The van der Waals surface area contributed by atoms with Gasteiger partial charge in [-0.15, -0.1) is 0 Å². The second-order valence-electron chi connectivity index (χ2n) is 7.80. The zero-order chi connectivity index (χ0) is 23.1. The van der Waals surface area contributed by atoms with E-state index in [-0.39, 0.29) is 32.1 Å². The molecule has 2 aromatic rings. The molecule has 32 heavy (non-hydrogen) atoms. The van der Waals surface area contributed by atoms with Crippen LogP contribution in [-0.2, 0) is 19.1 Å². The first-order valence-corrected chi connectivity index (χ1v) is 10.5. The molecule has 0 bridgehead atoms. The van der Waals surface area contributed by atoms with Crippen molar-refractivity contribution in [2.75, 3.05) is 26.9 Å². The van der Waals surface area contributed by atoms with Crippen LogP contribution in [0, 0.1) is 5.92 Å². The number of rotatable bonds is 10. The summed E-state index contributed by atoms with van der Waals surface area (Å²) >= 11 is 0. The summed E-state index contributed by atoms with van der Waals surface area (Å²) < 4.78 is 10.5. The van der Waals surface area contributed by atoms with Crippen molar-refractivity contribution in [1.29, 1.82) is 0 Å². The highest BCUT2D eigenvalue weighted by atomic mass is 16.5. The highest BCUT2D eigenvalue weighted by Gasteiger charge is 2.29. The molecule has 0 saturated heterocycles. The fraction of sp³-hybridized carbons (Fsp3) is 0.375. The van der Waals surface area contributed by atoms with Gasteiger partial charge in [0.1, 0.15) is 12.6 Å². The van der Waals surface area contributed by atoms with Crippen molar-refractivity contribution in [3.8, 4) is 11.1 Å². The normalized spacial score (nSPS) is 14.1. The highest BCUT2D eigenvalue weighted by molar-refractivity contribution is 5.86. The Morgan fingerprint density at radius 3 is 2.19 bits per heavy atom. The van der Waals surface area contributed by atoms with Gasteiger partial charge in [0.25, 0.3) is 0 Å². The number of fused-ring (bicyclic) bond motifs is 3. The number of carbonyl (C=O) groups excluding carboxylic acids is 2. The number of alkyl carbamates (subject to hydrolysis) is 1. The van der Waals surface area contributed by atoms with Crippen LogP contribution in [-0.4, -0.2) is 56.0 Å². The van der Waals surface area contributed by atoms with Crippen LogP contribution in [0.3, 0.4) is 0 Å². The molecule has 0 spiro atoms. The smallest absolute Gasteiger partial charge is 0.407 e. The maximum absolute atomic E-state index is 12.4. The summed E-state index contributed by atoms with van der Waals surface area (Å²) in [5, 5.41) is 14.1. The van der Waals surface area contributed by atoms with E-state index in [0.717, 1.165) is 22.3 Å². The van der Waals surface area contributed by atoms with Gasteiger partial charge in [0.15, 0.2) is 0 Å². The van der Waals surface area contributed by atoms with Gasteiger partial charge in [-0.05, 0) is 28.7 Å². The number of benzene rings is 2. The van der Waals surface area contributed by atoms with Gasteiger partial charge in [0.2, 0.25) is 5.91 Å². The molecule has 0 radical (unpaired) electrons. The lowest BCUT2D eigenvalue weighted by Gasteiger charge is -2.19. The molecule has 0 heterocycles. The van der Waals surface area contributed by atoms with E-state index in [1.54, 1.807) is 6.92 Å². The van der Waals surface area contributed by atoms with E-state index < -0.39 is 29.9 Å². The number of nitrogens with one attached hydrogen (secondary N) is 2. The number of carboxylic acids is 1. The van der Waals surface area contributed by atoms with Crippen LogP contribution in [0.1, 0.15) is 30.4 Å². The fourth-order valence-corrected chi connectivity index (χ4v) is 3.79. The third-order valence-electron chi connectivity index (χ3n) is 5.58. The van der Waals surface area contributed by atoms with E-state index in [0.29, 0.717) is 0 Å². The SMILES string of the molecule is COCC(NC(=O)OCC1c2ccccc2-c2ccccc21)C(=O)NCCC(C)C(=O)O.